The Labute approximate surface area is 177 Å². The lowest BCUT2D eigenvalue weighted by Crippen LogP contribution is -2.28. The van der Waals surface area contributed by atoms with Crippen LogP contribution in [0.1, 0.15) is 46.3 Å². The number of benzene rings is 2. The van der Waals surface area contributed by atoms with E-state index in [2.05, 4.69) is 5.32 Å². The van der Waals surface area contributed by atoms with Crippen LogP contribution >= 0.6 is 0 Å². The summed E-state index contributed by atoms with van der Waals surface area (Å²) in [6, 6.07) is 15.3. The first-order valence-electron chi connectivity index (χ1n) is 10.4. The van der Waals surface area contributed by atoms with Gasteiger partial charge < -0.3 is 15.0 Å². The second-order valence-corrected chi connectivity index (χ2v) is 7.59. The topological polar surface area (TPSA) is 75.7 Å². The summed E-state index contributed by atoms with van der Waals surface area (Å²) >= 11 is 0. The summed E-state index contributed by atoms with van der Waals surface area (Å²) in [6.45, 7) is 3.70. The summed E-state index contributed by atoms with van der Waals surface area (Å²) in [5, 5.41) is 2.78. The van der Waals surface area contributed by atoms with E-state index in [9.17, 15) is 14.4 Å². The normalized spacial score (nSPS) is 13.4. The largest absolute Gasteiger partial charge is 0.460 e. The molecule has 30 heavy (non-hydrogen) atoms. The van der Waals surface area contributed by atoms with Crippen LogP contribution in [-0.2, 0) is 27.3 Å². The van der Waals surface area contributed by atoms with Gasteiger partial charge in [-0.25, -0.2) is 4.79 Å². The Balaban J connectivity index is 1.37. The maximum atomic E-state index is 12.3. The average molecular weight is 408 g/mol. The molecule has 0 spiro atoms. The van der Waals surface area contributed by atoms with Crippen LogP contribution in [0.25, 0.3) is 0 Å². The molecule has 1 saturated heterocycles. The van der Waals surface area contributed by atoms with Crippen molar-refractivity contribution in [3.05, 3.63) is 70.8 Å². The first-order chi connectivity index (χ1) is 14.5. The van der Waals surface area contributed by atoms with Crippen LogP contribution in [0.4, 0.5) is 0 Å². The molecule has 0 aliphatic carbocycles. The third kappa shape index (κ3) is 6.44. The molecular weight excluding hydrogens is 380 g/mol. The zero-order valence-corrected chi connectivity index (χ0v) is 17.4. The number of aryl methyl sites for hydroxylation is 2. The summed E-state index contributed by atoms with van der Waals surface area (Å²) < 4.78 is 5.27. The maximum absolute atomic E-state index is 12.3. The van der Waals surface area contributed by atoms with Crippen molar-refractivity contribution in [2.75, 3.05) is 19.7 Å². The zero-order chi connectivity index (χ0) is 21.3. The van der Waals surface area contributed by atoms with Gasteiger partial charge in [0.15, 0.2) is 0 Å². The number of hydrogen-bond donors (Lipinski definition) is 1. The molecule has 1 aliphatic heterocycles. The van der Waals surface area contributed by atoms with Crippen molar-refractivity contribution in [2.24, 2.45) is 0 Å². The van der Waals surface area contributed by atoms with E-state index in [4.69, 9.17) is 4.74 Å². The highest BCUT2D eigenvalue weighted by atomic mass is 16.5. The Morgan fingerprint density at radius 2 is 1.90 bits per heavy atom. The highest BCUT2D eigenvalue weighted by Crippen LogP contribution is 2.15. The third-order valence-corrected chi connectivity index (χ3v) is 5.13. The molecule has 6 nitrogen and oxygen atoms in total. The molecule has 0 atom stereocenters. The molecular formula is C24H28N2O4. The molecule has 1 fully saturated rings. The SMILES string of the molecule is Cc1ccc(CCC(=O)NCCOC(=O)c2cccc(CN3CCCC3=O)c2)cc1. The van der Waals surface area contributed by atoms with Gasteiger partial charge in [0.1, 0.15) is 6.61 Å². The third-order valence-electron chi connectivity index (χ3n) is 5.13. The Bertz CT molecular complexity index is 892. The monoisotopic (exact) mass is 408 g/mol. The molecule has 0 unspecified atom stereocenters. The zero-order valence-electron chi connectivity index (χ0n) is 17.4. The lowest BCUT2D eigenvalue weighted by atomic mass is 10.1. The molecule has 0 aromatic heterocycles. The number of rotatable bonds is 9. The Morgan fingerprint density at radius 1 is 1.10 bits per heavy atom. The summed E-state index contributed by atoms with van der Waals surface area (Å²) in [5.74, 6) is -0.344. The molecule has 0 bridgehead atoms. The Morgan fingerprint density at radius 3 is 2.63 bits per heavy atom. The molecule has 0 radical (unpaired) electrons. The fraction of sp³-hybridized carbons (Fsp3) is 0.375. The molecule has 2 amide bonds. The van der Waals surface area contributed by atoms with E-state index >= 15 is 0 Å². The van der Waals surface area contributed by atoms with E-state index in [0.717, 1.165) is 24.1 Å². The summed E-state index contributed by atoms with van der Waals surface area (Å²) in [7, 11) is 0. The number of nitrogens with one attached hydrogen (secondary N) is 1. The van der Waals surface area contributed by atoms with Gasteiger partial charge in [-0.1, -0.05) is 42.0 Å². The molecule has 1 N–H and O–H groups in total. The number of ether oxygens (including phenoxy) is 1. The Kier molecular flexibility index (Phi) is 7.60. The van der Waals surface area contributed by atoms with Crippen molar-refractivity contribution in [1.29, 1.82) is 0 Å². The van der Waals surface area contributed by atoms with Gasteiger partial charge >= 0.3 is 5.97 Å². The molecule has 0 saturated carbocycles. The first-order valence-corrected chi connectivity index (χ1v) is 10.4. The van der Waals surface area contributed by atoms with Gasteiger partial charge in [0.2, 0.25) is 11.8 Å². The molecule has 2 aromatic rings. The number of hydrogen-bond acceptors (Lipinski definition) is 4. The van der Waals surface area contributed by atoms with Crippen LogP contribution in [0.3, 0.4) is 0 Å². The fourth-order valence-corrected chi connectivity index (χ4v) is 3.41. The lowest BCUT2D eigenvalue weighted by Gasteiger charge is -2.15. The fourth-order valence-electron chi connectivity index (χ4n) is 3.41. The highest BCUT2D eigenvalue weighted by molar-refractivity contribution is 5.89. The predicted octanol–water partition coefficient (Wildman–Crippen LogP) is 3.02. The van der Waals surface area contributed by atoms with Crippen LogP contribution in [-0.4, -0.2) is 42.4 Å². The van der Waals surface area contributed by atoms with Gasteiger partial charge in [-0.2, -0.15) is 0 Å². The van der Waals surface area contributed by atoms with Crippen molar-refractivity contribution in [2.45, 2.75) is 39.2 Å². The minimum atomic E-state index is -0.432. The van der Waals surface area contributed by atoms with E-state index in [1.807, 2.05) is 37.3 Å². The molecule has 6 heteroatoms. The molecule has 3 rings (SSSR count). The van der Waals surface area contributed by atoms with Crippen LogP contribution in [0.15, 0.2) is 48.5 Å². The number of esters is 1. The summed E-state index contributed by atoms with van der Waals surface area (Å²) in [4.78, 5) is 37.8. The second kappa shape index (κ2) is 10.6. The van der Waals surface area contributed by atoms with Crippen molar-refractivity contribution >= 4 is 17.8 Å². The molecule has 158 valence electrons. The van der Waals surface area contributed by atoms with Crippen LogP contribution < -0.4 is 5.32 Å². The van der Waals surface area contributed by atoms with E-state index in [0.29, 0.717) is 31.4 Å². The van der Waals surface area contributed by atoms with Crippen molar-refractivity contribution in [3.8, 4) is 0 Å². The van der Waals surface area contributed by atoms with Gasteiger partial charge in [-0.3, -0.25) is 9.59 Å². The second-order valence-electron chi connectivity index (χ2n) is 7.59. The molecule has 1 aliphatic rings. The quantitative estimate of drug-likeness (QED) is 0.511. The number of carbonyl (C=O) groups is 3. The predicted molar refractivity (Wildman–Crippen MR) is 114 cm³/mol. The van der Waals surface area contributed by atoms with Crippen molar-refractivity contribution in [3.63, 3.8) is 0 Å². The first kappa shape index (κ1) is 21.6. The van der Waals surface area contributed by atoms with E-state index < -0.39 is 5.97 Å². The van der Waals surface area contributed by atoms with E-state index in [1.54, 1.807) is 23.1 Å². The smallest absolute Gasteiger partial charge is 0.338 e. The molecule has 2 aromatic carbocycles. The summed E-state index contributed by atoms with van der Waals surface area (Å²) in [5.41, 5.74) is 3.67. The number of nitrogens with zero attached hydrogens (tertiary/aromatic N) is 1. The Hall–Kier alpha value is -3.15. The minimum Gasteiger partial charge on any atom is -0.460 e. The summed E-state index contributed by atoms with van der Waals surface area (Å²) in [6.07, 6.45) is 2.56. The maximum Gasteiger partial charge on any atom is 0.338 e. The minimum absolute atomic E-state index is 0.0658. The van der Waals surface area contributed by atoms with Crippen LogP contribution in [0.2, 0.25) is 0 Å². The van der Waals surface area contributed by atoms with E-state index in [-0.39, 0.29) is 25.0 Å². The van der Waals surface area contributed by atoms with Gasteiger partial charge in [-0.05, 0) is 43.0 Å². The van der Waals surface area contributed by atoms with E-state index in [1.165, 1.54) is 5.56 Å². The molecule has 1 heterocycles. The number of likely N-dealkylation sites (tertiary alicyclic amines) is 1. The van der Waals surface area contributed by atoms with Crippen LogP contribution in [0, 0.1) is 6.92 Å². The number of amides is 2. The standard InChI is InChI=1S/C24H28N2O4/c1-18-7-9-19(10-8-18)11-12-22(27)25-13-15-30-24(29)21-5-2-4-20(16-21)17-26-14-3-6-23(26)28/h2,4-5,7-10,16H,3,6,11-15,17H2,1H3,(H,25,27). The number of carbonyl (C=O) groups excluding carboxylic acids is 3. The van der Waals surface area contributed by atoms with Gasteiger partial charge in [0, 0.05) is 25.9 Å². The lowest BCUT2D eigenvalue weighted by molar-refractivity contribution is -0.128. The van der Waals surface area contributed by atoms with Gasteiger partial charge in [0.05, 0.1) is 12.1 Å². The average Bonchev–Trinajstić information content (AvgIpc) is 3.15. The van der Waals surface area contributed by atoms with Gasteiger partial charge in [0.25, 0.3) is 0 Å². The van der Waals surface area contributed by atoms with Crippen LogP contribution in [0.5, 0.6) is 0 Å². The highest BCUT2D eigenvalue weighted by Gasteiger charge is 2.20. The van der Waals surface area contributed by atoms with Gasteiger partial charge in [-0.15, -0.1) is 0 Å². The van der Waals surface area contributed by atoms with Crippen molar-refractivity contribution in [1.82, 2.24) is 10.2 Å². The van der Waals surface area contributed by atoms with Crippen molar-refractivity contribution < 1.29 is 19.1 Å².